The van der Waals surface area contributed by atoms with Gasteiger partial charge in [-0.2, -0.15) is 8.42 Å². The number of hydrogen-bond acceptors (Lipinski definition) is 4. The van der Waals surface area contributed by atoms with Crippen molar-refractivity contribution in [2.75, 3.05) is 5.75 Å². The molecule has 0 radical (unpaired) electrons. The molecule has 1 amide bonds. The van der Waals surface area contributed by atoms with Crippen LogP contribution in [0.2, 0.25) is 5.02 Å². The highest BCUT2D eigenvalue weighted by molar-refractivity contribution is 7.87. The Hall–Kier alpha value is -2.05. The van der Waals surface area contributed by atoms with Gasteiger partial charge in [-0.05, 0) is 62.2 Å². The summed E-state index contributed by atoms with van der Waals surface area (Å²) in [5.41, 5.74) is 1.35. The van der Waals surface area contributed by atoms with Crippen molar-refractivity contribution in [2.45, 2.75) is 39.8 Å². The van der Waals surface area contributed by atoms with Crippen molar-refractivity contribution in [1.29, 1.82) is 0 Å². The van der Waals surface area contributed by atoms with Gasteiger partial charge >= 0.3 is 10.1 Å². The lowest BCUT2D eigenvalue weighted by atomic mass is 10.1. The Morgan fingerprint density at radius 3 is 2.41 bits per heavy atom. The Kier molecular flexibility index (Phi) is 7.27. The van der Waals surface area contributed by atoms with Crippen molar-refractivity contribution < 1.29 is 17.4 Å². The van der Waals surface area contributed by atoms with Gasteiger partial charge in [-0.1, -0.05) is 30.7 Å². The Labute approximate surface area is 166 Å². The van der Waals surface area contributed by atoms with E-state index in [1.54, 1.807) is 47.4 Å². The van der Waals surface area contributed by atoms with Crippen molar-refractivity contribution in [2.24, 2.45) is 0 Å². The zero-order valence-corrected chi connectivity index (χ0v) is 17.3. The molecule has 2 aromatic carbocycles. The van der Waals surface area contributed by atoms with Gasteiger partial charge in [0, 0.05) is 23.2 Å². The third-order valence-corrected chi connectivity index (χ3v) is 5.71. The second-order valence-corrected chi connectivity index (χ2v) is 8.57. The summed E-state index contributed by atoms with van der Waals surface area (Å²) in [6.45, 7) is 5.87. The summed E-state index contributed by atoms with van der Waals surface area (Å²) in [4.78, 5) is 14.7. The number of hydrogen-bond donors (Lipinski definition) is 0. The maximum atomic E-state index is 13.0. The second-order valence-electron chi connectivity index (χ2n) is 6.27. The molecule has 2 rings (SSSR count). The van der Waals surface area contributed by atoms with E-state index in [0.29, 0.717) is 17.1 Å². The molecule has 1 atom stereocenters. The number of amides is 1. The predicted octanol–water partition coefficient (Wildman–Crippen LogP) is 4.51. The van der Waals surface area contributed by atoms with Gasteiger partial charge in [0.15, 0.2) is 0 Å². The molecule has 0 aliphatic heterocycles. The first kappa shape index (κ1) is 21.3. The van der Waals surface area contributed by atoms with Crippen LogP contribution < -0.4 is 4.18 Å². The van der Waals surface area contributed by atoms with Gasteiger partial charge in [-0.25, -0.2) is 0 Å². The van der Waals surface area contributed by atoms with Gasteiger partial charge < -0.3 is 9.08 Å². The summed E-state index contributed by atoms with van der Waals surface area (Å²) in [5, 5.41) is 0.573. The smallest absolute Gasteiger partial charge is 0.308 e. The number of benzene rings is 2. The van der Waals surface area contributed by atoms with E-state index in [1.165, 1.54) is 6.92 Å². The van der Waals surface area contributed by atoms with E-state index in [9.17, 15) is 13.2 Å². The molecule has 0 aliphatic rings. The fourth-order valence-electron chi connectivity index (χ4n) is 2.50. The zero-order valence-electron chi connectivity index (χ0n) is 15.7. The fourth-order valence-corrected chi connectivity index (χ4v) is 3.15. The number of carbonyl (C=O) groups excluding carboxylic acids is 1. The van der Waals surface area contributed by atoms with Gasteiger partial charge in [0.2, 0.25) is 0 Å². The first-order chi connectivity index (χ1) is 12.8. The minimum absolute atomic E-state index is 0.0112. The Balaban J connectivity index is 2.26. The van der Waals surface area contributed by atoms with Crippen LogP contribution in [0.1, 0.15) is 43.1 Å². The zero-order chi connectivity index (χ0) is 20.0. The molecule has 1 unspecified atom stereocenters. The van der Waals surface area contributed by atoms with Crippen LogP contribution in [0.15, 0.2) is 48.5 Å². The second kappa shape index (κ2) is 9.24. The molecule has 0 saturated heterocycles. The summed E-state index contributed by atoms with van der Waals surface area (Å²) >= 11 is 5.91. The molecule has 0 aliphatic carbocycles. The van der Waals surface area contributed by atoms with Gasteiger partial charge in [0.1, 0.15) is 5.75 Å². The Bertz CT molecular complexity index is 881. The predicted molar refractivity (Wildman–Crippen MR) is 108 cm³/mol. The monoisotopic (exact) mass is 409 g/mol. The highest BCUT2D eigenvalue weighted by atomic mass is 35.5. The number of carbonyl (C=O) groups is 1. The molecule has 2 aromatic rings. The summed E-state index contributed by atoms with van der Waals surface area (Å²) in [7, 11) is -3.60. The van der Waals surface area contributed by atoms with Crippen molar-refractivity contribution in [1.82, 2.24) is 4.90 Å². The molecule has 0 N–H and O–H groups in total. The van der Waals surface area contributed by atoms with E-state index in [4.69, 9.17) is 15.8 Å². The summed E-state index contributed by atoms with van der Waals surface area (Å²) in [6.07, 6.45) is 0.791. The molecule has 0 aromatic heterocycles. The SMILES string of the molecule is CCC(C)N(Cc1cccc(OS(=O)(=O)CC)c1)C(=O)c1ccc(Cl)cc1. The Morgan fingerprint density at radius 2 is 1.81 bits per heavy atom. The first-order valence-electron chi connectivity index (χ1n) is 8.83. The van der Waals surface area contributed by atoms with E-state index in [0.717, 1.165) is 12.0 Å². The topological polar surface area (TPSA) is 63.7 Å². The molecule has 5 nitrogen and oxygen atoms in total. The van der Waals surface area contributed by atoms with Gasteiger partial charge in [-0.15, -0.1) is 0 Å². The third-order valence-electron chi connectivity index (χ3n) is 4.30. The molecule has 0 bridgehead atoms. The van der Waals surface area contributed by atoms with Crippen molar-refractivity contribution in [3.63, 3.8) is 0 Å². The normalized spacial score (nSPS) is 12.4. The van der Waals surface area contributed by atoms with Crippen LogP contribution in [0.5, 0.6) is 5.75 Å². The minimum atomic E-state index is -3.60. The maximum Gasteiger partial charge on any atom is 0.308 e. The van der Waals surface area contributed by atoms with Gasteiger partial charge in [-0.3, -0.25) is 4.79 Å². The van der Waals surface area contributed by atoms with Crippen LogP contribution in [0.25, 0.3) is 0 Å². The summed E-state index contributed by atoms with van der Waals surface area (Å²) in [6, 6.07) is 13.6. The van der Waals surface area contributed by atoms with Crippen LogP contribution in [0, 0.1) is 0 Å². The van der Waals surface area contributed by atoms with Crippen LogP contribution in [0.4, 0.5) is 0 Å². The van der Waals surface area contributed by atoms with Crippen LogP contribution in [-0.4, -0.2) is 31.0 Å². The molecule has 7 heteroatoms. The number of nitrogens with zero attached hydrogens (tertiary/aromatic N) is 1. The third kappa shape index (κ3) is 5.97. The molecule has 0 saturated carbocycles. The largest absolute Gasteiger partial charge is 0.382 e. The molecule has 0 heterocycles. The average molecular weight is 410 g/mol. The lowest BCUT2D eigenvalue weighted by Gasteiger charge is -2.29. The molecule has 27 heavy (non-hydrogen) atoms. The van der Waals surface area contributed by atoms with Gasteiger partial charge in [0.25, 0.3) is 5.91 Å². The van der Waals surface area contributed by atoms with Gasteiger partial charge in [0.05, 0.1) is 5.75 Å². The van der Waals surface area contributed by atoms with E-state index in [1.807, 2.05) is 19.9 Å². The number of rotatable bonds is 8. The lowest BCUT2D eigenvalue weighted by molar-refractivity contribution is 0.0671. The van der Waals surface area contributed by atoms with Crippen LogP contribution >= 0.6 is 11.6 Å². The minimum Gasteiger partial charge on any atom is -0.382 e. The maximum absolute atomic E-state index is 13.0. The van der Waals surface area contributed by atoms with E-state index >= 15 is 0 Å². The fraction of sp³-hybridized carbons (Fsp3) is 0.350. The molecule has 0 spiro atoms. The highest BCUT2D eigenvalue weighted by Gasteiger charge is 2.21. The molecule has 146 valence electrons. The lowest BCUT2D eigenvalue weighted by Crippen LogP contribution is -2.37. The van der Waals surface area contributed by atoms with Crippen LogP contribution in [0.3, 0.4) is 0 Å². The molecular weight excluding hydrogens is 386 g/mol. The van der Waals surface area contributed by atoms with Crippen molar-refractivity contribution in [3.8, 4) is 5.75 Å². The van der Waals surface area contributed by atoms with Crippen molar-refractivity contribution in [3.05, 3.63) is 64.7 Å². The van der Waals surface area contributed by atoms with E-state index in [2.05, 4.69) is 0 Å². The summed E-state index contributed by atoms with van der Waals surface area (Å²) < 4.78 is 28.4. The Morgan fingerprint density at radius 1 is 1.15 bits per heavy atom. The highest BCUT2D eigenvalue weighted by Crippen LogP contribution is 2.21. The summed E-state index contributed by atoms with van der Waals surface area (Å²) in [5.74, 6) is 0.0385. The average Bonchev–Trinajstić information content (AvgIpc) is 2.65. The first-order valence-corrected chi connectivity index (χ1v) is 10.8. The number of halogens is 1. The molecule has 0 fully saturated rings. The quantitative estimate of drug-likeness (QED) is 0.602. The van der Waals surface area contributed by atoms with E-state index < -0.39 is 10.1 Å². The standard InChI is InChI=1S/C20H24ClNO4S/c1-4-15(3)22(20(23)17-9-11-18(21)12-10-17)14-16-7-6-8-19(13-16)26-27(24,25)5-2/h6-13,15H,4-5,14H2,1-3H3. The van der Waals surface area contributed by atoms with Crippen molar-refractivity contribution >= 4 is 27.6 Å². The van der Waals surface area contributed by atoms with Crippen LogP contribution in [-0.2, 0) is 16.7 Å². The van der Waals surface area contributed by atoms with E-state index in [-0.39, 0.29) is 23.5 Å². The molecular formula is C20H24ClNO4S.